The van der Waals surface area contributed by atoms with E-state index in [0.29, 0.717) is 11.3 Å². The lowest BCUT2D eigenvalue weighted by molar-refractivity contribution is -0.127. The Morgan fingerprint density at radius 3 is 2.55 bits per heavy atom. The summed E-state index contributed by atoms with van der Waals surface area (Å²) < 4.78 is 14.2. The molecule has 33 heavy (non-hydrogen) atoms. The number of thiophene rings is 1. The number of hydrogen-bond acceptors (Lipinski definition) is 3. The Bertz CT molecular complexity index is 1090. The van der Waals surface area contributed by atoms with Crippen LogP contribution in [0, 0.1) is 12.7 Å². The van der Waals surface area contributed by atoms with Gasteiger partial charge in [0, 0.05) is 16.6 Å². The monoisotopic (exact) mass is 464 g/mol. The van der Waals surface area contributed by atoms with Gasteiger partial charge in [-0.2, -0.15) is 0 Å². The Kier molecular flexibility index (Phi) is 7.55. The van der Waals surface area contributed by atoms with Gasteiger partial charge in [-0.3, -0.25) is 14.5 Å². The van der Waals surface area contributed by atoms with Crippen LogP contribution in [0.15, 0.2) is 66.0 Å². The fourth-order valence-electron chi connectivity index (χ4n) is 4.50. The number of benzene rings is 2. The van der Waals surface area contributed by atoms with Crippen molar-refractivity contribution in [2.75, 3.05) is 4.90 Å². The Morgan fingerprint density at radius 2 is 1.85 bits per heavy atom. The number of rotatable bonds is 7. The van der Waals surface area contributed by atoms with E-state index in [2.05, 4.69) is 5.32 Å². The fraction of sp³-hybridized carbons (Fsp3) is 0.333. The molecule has 1 unspecified atom stereocenters. The molecule has 4 rings (SSSR count). The van der Waals surface area contributed by atoms with Gasteiger partial charge in [0.1, 0.15) is 11.9 Å². The van der Waals surface area contributed by atoms with E-state index in [1.54, 1.807) is 12.1 Å². The van der Waals surface area contributed by atoms with Gasteiger partial charge in [0.05, 0.1) is 6.42 Å². The maximum Gasteiger partial charge on any atom is 0.248 e. The lowest BCUT2D eigenvalue weighted by Crippen LogP contribution is -2.47. The Morgan fingerprint density at radius 1 is 1.06 bits per heavy atom. The molecule has 1 saturated carbocycles. The van der Waals surface area contributed by atoms with E-state index in [-0.39, 0.29) is 24.3 Å². The highest BCUT2D eigenvalue weighted by Crippen LogP contribution is 2.31. The zero-order valence-electron chi connectivity index (χ0n) is 18.8. The van der Waals surface area contributed by atoms with E-state index < -0.39 is 11.9 Å². The lowest BCUT2D eigenvalue weighted by atomic mass is 9.94. The normalized spacial score (nSPS) is 15.1. The van der Waals surface area contributed by atoms with Crippen molar-refractivity contribution >= 4 is 28.8 Å². The highest BCUT2D eigenvalue weighted by molar-refractivity contribution is 7.10. The smallest absolute Gasteiger partial charge is 0.248 e. The maximum absolute atomic E-state index is 14.2. The third-order valence-electron chi connectivity index (χ3n) is 6.08. The minimum absolute atomic E-state index is 0.0975. The van der Waals surface area contributed by atoms with E-state index >= 15 is 0 Å². The van der Waals surface area contributed by atoms with E-state index in [0.717, 1.165) is 36.1 Å². The molecule has 0 bridgehead atoms. The summed E-state index contributed by atoms with van der Waals surface area (Å²) in [7, 11) is 0. The summed E-state index contributed by atoms with van der Waals surface area (Å²) in [4.78, 5) is 29.8. The van der Waals surface area contributed by atoms with Crippen LogP contribution in [0.4, 0.5) is 10.1 Å². The predicted octanol–water partition coefficient (Wildman–Crippen LogP) is 5.96. The summed E-state index contributed by atoms with van der Waals surface area (Å²) in [5, 5.41) is 5.11. The predicted molar refractivity (Wildman–Crippen MR) is 131 cm³/mol. The lowest BCUT2D eigenvalue weighted by Gasteiger charge is -2.33. The molecule has 3 aromatic rings. The minimum atomic E-state index is -0.888. The van der Waals surface area contributed by atoms with Crippen LogP contribution >= 0.6 is 11.3 Å². The number of hydrogen-bond donors (Lipinski definition) is 1. The van der Waals surface area contributed by atoms with Gasteiger partial charge in [-0.25, -0.2) is 4.39 Å². The minimum Gasteiger partial charge on any atom is -0.351 e. The molecule has 0 spiro atoms. The largest absolute Gasteiger partial charge is 0.351 e. The first-order chi connectivity index (χ1) is 16.0. The summed E-state index contributed by atoms with van der Waals surface area (Å²) in [5.74, 6) is -0.915. The summed E-state index contributed by atoms with van der Waals surface area (Å²) in [6, 6.07) is 16.6. The zero-order valence-corrected chi connectivity index (χ0v) is 19.6. The second kappa shape index (κ2) is 10.8. The van der Waals surface area contributed by atoms with Crippen LogP contribution in [-0.4, -0.2) is 17.9 Å². The van der Waals surface area contributed by atoms with Crippen molar-refractivity contribution in [3.8, 4) is 0 Å². The number of carbonyl (C=O) groups is 2. The Balaban J connectivity index is 1.75. The Labute approximate surface area is 198 Å². The molecule has 0 aliphatic heterocycles. The average molecular weight is 465 g/mol. The number of anilines is 1. The van der Waals surface area contributed by atoms with Crippen LogP contribution in [0.5, 0.6) is 0 Å². The molecule has 2 amide bonds. The highest BCUT2D eigenvalue weighted by Gasteiger charge is 2.34. The van der Waals surface area contributed by atoms with Crippen molar-refractivity contribution in [1.29, 1.82) is 0 Å². The third-order valence-corrected chi connectivity index (χ3v) is 6.95. The molecule has 0 saturated heterocycles. The van der Waals surface area contributed by atoms with Crippen LogP contribution in [0.2, 0.25) is 0 Å². The molecule has 6 heteroatoms. The summed E-state index contributed by atoms with van der Waals surface area (Å²) in [5.41, 5.74) is 2.09. The molecule has 0 radical (unpaired) electrons. The highest BCUT2D eigenvalue weighted by atomic mass is 32.1. The molecule has 1 heterocycles. The van der Waals surface area contributed by atoms with Gasteiger partial charge in [-0.05, 0) is 55.0 Å². The molecule has 1 atom stereocenters. The molecule has 172 valence electrons. The molecule has 4 nitrogen and oxygen atoms in total. The summed E-state index contributed by atoms with van der Waals surface area (Å²) in [6.45, 7) is 1.96. The van der Waals surface area contributed by atoms with Crippen LogP contribution in [0.25, 0.3) is 0 Å². The quantitative estimate of drug-likeness (QED) is 0.469. The van der Waals surface area contributed by atoms with Crippen molar-refractivity contribution in [1.82, 2.24) is 5.32 Å². The van der Waals surface area contributed by atoms with Gasteiger partial charge in [0.15, 0.2) is 0 Å². The van der Waals surface area contributed by atoms with Gasteiger partial charge in [-0.1, -0.05) is 61.2 Å². The molecule has 1 aliphatic rings. The molecular weight excluding hydrogens is 435 g/mol. The number of amides is 2. The molecule has 1 aliphatic carbocycles. The maximum atomic E-state index is 14.2. The van der Waals surface area contributed by atoms with Gasteiger partial charge in [0.2, 0.25) is 11.8 Å². The molecule has 1 aromatic heterocycles. The van der Waals surface area contributed by atoms with Crippen molar-refractivity contribution in [2.24, 2.45) is 0 Å². The first-order valence-corrected chi connectivity index (χ1v) is 12.4. The summed E-state index contributed by atoms with van der Waals surface area (Å²) in [6.07, 6.45) is 5.39. The second-order valence-corrected chi connectivity index (χ2v) is 9.69. The second-order valence-electron chi connectivity index (χ2n) is 8.66. The summed E-state index contributed by atoms with van der Waals surface area (Å²) >= 11 is 1.49. The molecular formula is C27H29FN2O2S. The van der Waals surface area contributed by atoms with E-state index in [1.807, 2.05) is 48.7 Å². The third kappa shape index (κ3) is 5.88. The van der Waals surface area contributed by atoms with Gasteiger partial charge < -0.3 is 5.32 Å². The average Bonchev–Trinajstić information content (AvgIpc) is 3.31. The number of aryl methyl sites for hydroxylation is 1. The number of nitrogens with zero attached hydrogens (tertiary/aromatic N) is 1. The number of halogens is 1. The molecule has 1 N–H and O–H groups in total. The first-order valence-electron chi connectivity index (χ1n) is 11.5. The molecule has 1 fully saturated rings. The standard InChI is InChI=1S/C27H29FN2O2S/c1-19-8-5-9-20(16-19)26(27(32)29-22-11-3-2-4-12-22)30(23-13-6-10-21(28)17-23)25(31)18-24-14-7-15-33-24/h5-10,13-17,22,26H,2-4,11-12,18H2,1H3,(H,29,32). The van der Waals surface area contributed by atoms with E-state index in [1.165, 1.54) is 34.8 Å². The van der Waals surface area contributed by atoms with E-state index in [4.69, 9.17) is 0 Å². The Hall–Kier alpha value is -2.99. The van der Waals surface area contributed by atoms with Gasteiger partial charge in [0.25, 0.3) is 0 Å². The van der Waals surface area contributed by atoms with Crippen molar-refractivity contribution in [2.45, 2.75) is 57.5 Å². The fourth-order valence-corrected chi connectivity index (χ4v) is 5.19. The van der Waals surface area contributed by atoms with Gasteiger partial charge in [-0.15, -0.1) is 11.3 Å². The van der Waals surface area contributed by atoms with Crippen LogP contribution in [0.1, 0.15) is 54.1 Å². The van der Waals surface area contributed by atoms with Crippen LogP contribution < -0.4 is 10.2 Å². The van der Waals surface area contributed by atoms with E-state index in [9.17, 15) is 14.0 Å². The first kappa shape index (κ1) is 23.2. The van der Waals surface area contributed by atoms with Crippen molar-refractivity contribution < 1.29 is 14.0 Å². The van der Waals surface area contributed by atoms with Crippen LogP contribution in [-0.2, 0) is 16.0 Å². The topological polar surface area (TPSA) is 49.4 Å². The number of carbonyl (C=O) groups excluding carboxylic acids is 2. The van der Waals surface area contributed by atoms with Gasteiger partial charge >= 0.3 is 0 Å². The van der Waals surface area contributed by atoms with Crippen molar-refractivity contribution in [3.63, 3.8) is 0 Å². The van der Waals surface area contributed by atoms with Crippen LogP contribution in [0.3, 0.4) is 0 Å². The zero-order chi connectivity index (χ0) is 23.2. The molecule has 2 aromatic carbocycles. The number of nitrogens with one attached hydrogen (secondary N) is 1. The SMILES string of the molecule is Cc1cccc(C(C(=O)NC2CCCCC2)N(C(=O)Cc2cccs2)c2cccc(F)c2)c1. The van der Waals surface area contributed by atoms with Crippen molar-refractivity contribution in [3.05, 3.63) is 87.9 Å².